The molecule has 0 atom stereocenters. The van der Waals surface area contributed by atoms with E-state index in [1.165, 1.54) is 24.3 Å². The third-order valence-electron chi connectivity index (χ3n) is 5.15. The Hall–Kier alpha value is -3.09. The number of halogens is 1. The summed E-state index contributed by atoms with van der Waals surface area (Å²) < 4.78 is 23.6. The van der Waals surface area contributed by atoms with Crippen LogP contribution in [0.15, 0.2) is 42.5 Å². The predicted molar refractivity (Wildman–Crippen MR) is 99.4 cm³/mol. The van der Waals surface area contributed by atoms with Gasteiger partial charge in [-0.2, -0.15) is 0 Å². The van der Waals surface area contributed by atoms with E-state index in [-0.39, 0.29) is 30.3 Å². The SMILES string of the molecule is O=C(NCc1ccc2c(c1)OCO2)C1CCN(C(=O)c2ccc(F)cc2)CC1. The van der Waals surface area contributed by atoms with Gasteiger partial charge in [0, 0.05) is 31.1 Å². The largest absolute Gasteiger partial charge is 0.454 e. The van der Waals surface area contributed by atoms with Crippen LogP contribution >= 0.6 is 0 Å². The Morgan fingerprint density at radius 3 is 2.50 bits per heavy atom. The third kappa shape index (κ3) is 3.93. The van der Waals surface area contributed by atoms with Crippen LogP contribution in [-0.2, 0) is 11.3 Å². The van der Waals surface area contributed by atoms with Crippen LogP contribution in [0.3, 0.4) is 0 Å². The van der Waals surface area contributed by atoms with E-state index in [0.717, 1.165) is 5.56 Å². The number of nitrogens with zero attached hydrogens (tertiary/aromatic N) is 1. The van der Waals surface area contributed by atoms with Crippen molar-refractivity contribution < 1.29 is 23.5 Å². The molecular weight excluding hydrogens is 363 g/mol. The second kappa shape index (κ2) is 7.88. The average molecular weight is 384 g/mol. The summed E-state index contributed by atoms with van der Waals surface area (Å²) in [5.74, 6) is 0.791. The lowest BCUT2D eigenvalue weighted by Crippen LogP contribution is -2.42. The Morgan fingerprint density at radius 2 is 1.75 bits per heavy atom. The summed E-state index contributed by atoms with van der Waals surface area (Å²) >= 11 is 0. The van der Waals surface area contributed by atoms with Gasteiger partial charge < -0.3 is 19.7 Å². The van der Waals surface area contributed by atoms with Crippen molar-refractivity contribution in [2.45, 2.75) is 19.4 Å². The molecule has 2 aromatic rings. The number of piperidine rings is 1. The minimum Gasteiger partial charge on any atom is -0.454 e. The van der Waals surface area contributed by atoms with E-state index in [9.17, 15) is 14.0 Å². The highest BCUT2D eigenvalue weighted by atomic mass is 19.1. The number of rotatable bonds is 4. The van der Waals surface area contributed by atoms with Crippen molar-refractivity contribution in [3.05, 3.63) is 59.4 Å². The molecular formula is C21H21FN2O4. The van der Waals surface area contributed by atoms with Crippen LogP contribution in [0.25, 0.3) is 0 Å². The first kappa shape index (κ1) is 18.3. The van der Waals surface area contributed by atoms with Crippen LogP contribution in [0, 0.1) is 11.7 Å². The predicted octanol–water partition coefficient (Wildman–Crippen LogP) is 2.72. The van der Waals surface area contributed by atoms with Crippen molar-refractivity contribution >= 4 is 11.8 Å². The molecule has 2 aromatic carbocycles. The molecule has 0 aromatic heterocycles. The lowest BCUT2D eigenvalue weighted by Gasteiger charge is -2.31. The Morgan fingerprint density at radius 1 is 1.04 bits per heavy atom. The van der Waals surface area contributed by atoms with Crippen molar-refractivity contribution in [2.75, 3.05) is 19.9 Å². The molecule has 146 valence electrons. The van der Waals surface area contributed by atoms with E-state index in [0.29, 0.717) is 49.5 Å². The third-order valence-corrected chi connectivity index (χ3v) is 5.15. The van der Waals surface area contributed by atoms with Gasteiger partial charge in [0.1, 0.15) is 5.82 Å². The van der Waals surface area contributed by atoms with Gasteiger partial charge in [-0.25, -0.2) is 4.39 Å². The van der Waals surface area contributed by atoms with Crippen LogP contribution in [0.2, 0.25) is 0 Å². The van der Waals surface area contributed by atoms with Crippen LogP contribution in [0.1, 0.15) is 28.8 Å². The van der Waals surface area contributed by atoms with E-state index in [1.807, 2.05) is 18.2 Å². The van der Waals surface area contributed by atoms with Gasteiger partial charge in [-0.15, -0.1) is 0 Å². The lowest BCUT2D eigenvalue weighted by atomic mass is 9.95. The molecule has 1 N–H and O–H groups in total. The van der Waals surface area contributed by atoms with Gasteiger partial charge in [0.2, 0.25) is 12.7 Å². The fourth-order valence-corrected chi connectivity index (χ4v) is 3.50. The average Bonchev–Trinajstić information content (AvgIpc) is 3.20. The van der Waals surface area contributed by atoms with Gasteiger partial charge in [0.05, 0.1) is 0 Å². The molecule has 2 aliphatic rings. The summed E-state index contributed by atoms with van der Waals surface area (Å²) in [6.45, 7) is 1.67. The second-order valence-electron chi connectivity index (χ2n) is 6.98. The molecule has 2 heterocycles. The van der Waals surface area contributed by atoms with E-state index < -0.39 is 0 Å². The fourth-order valence-electron chi connectivity index (χ4n) is 3.50. The number of carbonyl (C=O) groups is 2. The molecule has 28 heavy (non-hydrogen) atoms. The molecule has 7 heteroatoms. The second-order valence-corrected chi connectivity index (χ2v) is 6.98. The zero-order chi connectivity index (χ0) is 19.5. The van der Waals surface area contributed by atoms with Crippen LogP contribution in [-0.4, -0.2) is 36.6 Å². The van der Waals surface area contributed by atoms with Gasteiger partial charge in [-0.05, 0) is 54.8 Å². The summed E-state index contributed by atoms with van der Waals surface area (Å²) in [7, 11) is 0. The minimum absolute atomic E-state index is 0.00783. The number of hydrogen-bond donors (Lipinski definition) is 1. The first-order valence-electron chi connectivity index (χ1n) is 9.31. The molecule has 0 saturated carbocycles. The number of benzene rings is 2. The maximum absolute atomic E-state index is 13.0. The summed E-state index contributed by atoms with van der Waals surface area (Å²) in [6.07, 6.45) is 1.22. The van der Waals surface area contributed by atoms with Gasteiger partial charge >= 0.3 is 0 Å². The molecule has 0 bridgehead atoms. The van der Waals surface area contributed by atoms with Crippen LogP contribution in [0.5, 0.6) is 11.5 Å². The van der Waals surface area contributed by atoms with E-state index in [2.05, 4.69) is 5.32 Å². The number of fused-ring (bicyclic) bond motifs is 1. The maximum Gasteiger partial charge on any atom is 0.253 e. The minimum atomic E-state index is -0.366. The first-order chi connectivity index (χ1) is 13.6. The van der Waals surface area contributed by atoms with Crippen molar-refractivity contribution in [2.24, 2.45) is 5.92 Å². The van der Waals surface area contributed by atoms with Crippen molar-refractivity contribution in [1.82, 2.24) is 10.2 Å². The monoisotopic (exact) mass is 384 g/mol. The van der Waals surface area contributed by atoms with Crippen LogP contribution in [0.4, 0.5) is 4.39 Å². The number of carbonyl (C=O) groups excluding carboxylic acids is 2. The Labute approximate surface area is 162 Å². The Bertz CT molecular complexity index is 876. The van der Waals surface area contributed by atoms with E-state index in [1.54, 1.807) is 4.90 Å². The maximum atomic E-state index is 13.0. The van der Waals surface area contributed by atoms with Gasteiger partial charge in [-0.3, -0.25) is 9.59 Å². The molecule has 0 unspecified atom stereocenters. The van der Waals surface area contributed by atoms with Crippen molar-refractivity contribution in [1.29, 1.82) is 0 Å². The lowest BCUT2D eigenvalue weighted by molar-refractivity contribution is -0.126. The van der Waals surface area contributed by atoms with E-state index in [4.69, 9.17) is 9.47 Å². The molecule has 4 rings (SSSR count). The molecule has 0 spiro atoms. The van der Waals surface area contributed by atoms with Crippen molar-refractivity contribution in [3.63, 3.8) is 0 Å². The molecule has 1 fully saturated rings. The number of ether oxygens (including phenoxy) is 2. The molecule has 0 radical (unpaired) electrons. The van der Waals surface area contributed by atoms with Crippen molar-refractivity contribution in [3.8, 4) is 11.5 Å². The molecule has 0 aliphatic carbocycles. The van der Waals surface area contributed by atoms with Crippen LogP contribution < -0.4 is 14.8 Å². The Balaban J connectivity index is 1.27. The van der Waals surface area contributed by atoms with Gasteiger partial charge in [0.15, 0.2) is 11.5 Å². The highest BCUT2D eigenvalue weighted by Crippen LogP contribution is 2.32. The molecule has 2 aliphatic heterocycles. The van der Waals surface area contributed by atoms with Gasteiger partial charge in [0.25, 0.3) is 5.91 Å². The summed E-state index contributed by atoms with van der Waals surface area (Å²) in [4.78, 5) is 26.7. The summed E-state index contributed by atoms with van der Waals surface area (Å²) in [5, 5.41) is 2.96. The highest BCUT2D eigenvalue weighted by molar-refractivity contribution is 5.94. The molecule has 6 nitrogen and oxygen atoms in total. The molecule has 1 saturated heterocycles. The standard InChI is InChI=1S/C21H21FN2O4/c22-17-4-2-16(3-5-17)21(26)24-9-7-15(8-10-24)20(25)23-12-14-1-6-18-19(11-14)28-13-27-18/h1-6,11,15H,7-10,12-13H2,(H,23,25). The van der Waals surface area contributed by atoms with Gasteiger partial charge in [-0.1, -0.05) is 6.07 Å². The number of amides is 2. The number of likely N-dealkylation sites (tertiary alicyclic amines) is 1. The highest BCUT2D eigenvalue weighted by Gasteiger charge is 2.27. The summed E-state index contributed by atoms with van der Waals surface area (Å²) in [6, 6.07) is 11.1. The normalized spacial score (nSPS) is 16.1. The number of nitrogens with one attached hydrogen (secondary N) is 1. The molecule has 2 amide bonds. The van der Waals surface area contributed by atoms with E-state index >= 15 is 0 Å². The Kier molecular flexibility index (Phi) is 5.14. The zero-order valence-electron chi connectivity index (χ0n) is 15.3. The fraction of sp³-hybridized carbons (Fsp3) is 0.333. The summed E-state index contributed by atoms with van der Waals surface area (Å²) in [5.41, 5.74) is 1.41. The quantitative estimate of drug-likeness (QED) is 0.880. The number of hydrogen-bond acceptors (Lipinski definition) is 4. The zero-order valence-corrected chi connectivity index (χ0v) is 15.3. The smallest absolute Gasteiger partial charge is 0.253 e. The first-order valence-corrected chi connectivity index (χ1v) is 9.31. The topological polar surface area (TPSA) is 67.9 Å².